The summed E-state index contributed by atoms with van der Waals surface area (Å²) in [4.78, 5) is 4.47. The van der Waals surface area contributed by atoms with Gasteiger partial charge < -0.3 is 11.1 Å². The third-order valence-electron chi connectivity index (χ3n) is 3.44. The number of nitrogens with two attached hydrogens (primary N) is 1. The van der Waals surface area contributed by atoms with Gasteiger partial charge in [0, 0.05) is 22.5 Å². The number of nitrogens with zero attached hydrogens (tertiary/aromatic N) is 1. The maximum atomic E-state index is 14.0. The summed E-state index contributed by atoms with van der Waals surface area (Å²) >= 11 is 0. The minimum atomic E-state index is -0.276. The Labute approximate surface area is 122 Å². The second-order valence-corrected chi connectivity index (χ2v) is 5.14. The molecule has 3 aromatic rings. The summed E-state index contributed by atoms with van der Waals surface area (Å²) in [6.45, 7) is 3.78. The van der Waals surface area contributed by atoms with Gasteiger partial charge in [-0.1, -0.05) is 12.1 Å². The van der Waals surface area contributed by atoms with Crippen molar-refractivity contribution in [3.63, 3.8) is 0 Å². The molecule has 0 atom stereocenters. The maximum Gasteiger partial charge on any atom is 0.146 e. The van der Waals surface area contributed by atoms with Crippen molar-refractivity contribution in [1.82, 2.24) is 4.98 Å². The largest absolute Gasteiger partial charge is 0.399 e. The van der Waals surface area contributed by atoms with E-state index >= 15 is 0 Å². The highest BCUT2D eigenvalue weighted by molar-refractivity contribution is 5.95. The summed E-state index contributed by atoms with van der Waals surface area (Å²) in [7, 11) is 0. The Morgan fingerprint density at radius 3 is 2.67 bits per heavy atom. The number of aromatic nitrogens is 1. The molecule has 0 aliphatic carbocycles. The number of nitrogens with one attached hydrogen (secondary N) is 1. The van der Waals surface area contributed by atoms with Crippen LogP contribution in [0.5, 0.6) is 0 Å². The van der Waals surface area contributed by atoms with Gasteiger partial charge in [-0.15, -0.1) is 0 Å². The summed E-state index contributed by atoms with van der Waals surface area (Å²) in [6, 6.07) is 12.4. The highest BCUT2D eigenvalue weighted by Gasteiger charge is 2.09. The van der Waals surface area contributed by atoms with E-state index in [2.05, 4.69) is 10.3 Å². The quantitative estimate of drug-likeness (QED) is 0.688. The number of hydrogen-bond donors (Lipinski definition) is 2. The minimum Gasteiger partial charge on any atom is -0.399 e. The van der Waals surface area contributed by atoms with Crippen molar-refractivity contribution in [2.75, 3.05) is 11.1 Å². The first-order valence-corrected chi connectivity index (χ1v) is 6.73. The van der Waals surface area contributed by atoms with Crippen molar-refractivity contribution in [2.45, 2.75) is 13.8 Å². The molecule has 3 rings (SSSR count). The van der Waals surface area contributed by atoms with Crippen LogP contribution >= 0.6 is 0 Å². The average Bonchev–Trinajstić information content (AvgIpc) is 2.43. The number of anilines is 3. The molecule has 3 N–H and O–H groups in total. The summed E-state index contributed by atoms with van der Waals surface area (Å²) in [5.41, 5.74) is 10.3. The lowest BCUT2D eigenvalue weighted by Gasteiger charge is -2.14. The molecule has 0 saturated carbocycles. The topological polar surface area (TPSA) is 50.9 Å². The molecule has 3 nitrogen and oxygen atoms in total. The van der Waals surface area contributed by atoms with Crippen molar-refractivity contribution >= 4 is 28.0 Å². The van der Waals surface area contributed by atoms with Gasteiger partial charge in [-0.05, 0) is 49.7 Å². The SMILES string of the molecule is Cc1cc(Nc2c(C)cccc2F)c2cc(N)ccc2n1. The van der Waals surface area contributed by atoms with E-state index in [9.17, 15) is 4.39 Å². The summed E-state index contributed by atoms with van der Waals surface area (Å²) in [5.74, 6) is -0.276. The highest BCUT2D eigenvalue weighted by Crippen LogP contribution is 2.30. The van der Waals surface area contributed by atoms with E-state index in [0.29, 0.717) is 11.4 Å². The molecular formula is C17H16FN3. The van der Waals surface area contributed by atoms with Gasteiger partial charge in [0.2, 0.25) is 0 Å². The van der Waals surface area contributed by atoms with Crippen molar-refractivity contribution < 1.29 is 4.39 Å². The van der Waals surface area contributed by atoms with Gasteiger partial charge in [0.25, 0.3) is 0 Å². The zero-order valence-corrected chi connectivity index (χ0v) is 11.9. The third kappa shape index (κ3) is 2.52. The molecule has 1 aromatic heterocycles. The number of hydrogen-bond acceptors (Lipinski definition) is 3. The molecule has 21 heavy (non-hydrogen) atoms. The fourth-order valence-electron chi connectivity index (χ4n) is 2.40. The van der Waals surface area contributed by atoms with Gasteiger partial charge in [0.05, 0.1) is 11.2 Å². The lowest BCUT2D eigenvalue weighted by molar-refractivity contribution is 0.631. The molecule has 0 amide bonds. The van der Waals surface area contributed by atoms with Crippen LogP contribution in [-0.2, 0) is 0 Å². The molecule has 0 saturated heterocycles. The van der Waals surface area contributed by atoms with Crippen molar-refractivity contribution in [3.05, 3.63) is 59.5 Å². The number of halogens is 1. The Morgan fingerprint density at radius 2 is 1.90 bits per heavy atom. The normalized spacial score (nSPS) is 10.8. The lowest BCUT2D eigenvalue weighted by Crippen LogP contribution is -1.99. The van der Waals surface area contributed by atoms with Crippen molar-refractivity contribution in [1.29, 1.82) is 0 Å². The lowest BCUT2D eigenvalue weighted by atomic mass is 10.1. The first-order valence-electron chi connectivity index (χ1n) is 6.73. The first-order chi connectivity index (χ1) is 10.0. The summed E-state index contributed by atoms with van der Waals surface area (Å²) < 4.78 is 14.0. The molecule has 0 bridgehead atoms. The van der Waals surface area contributed by atoms with Gasteiger partial charge in [-0.3, -0.25) is 4.98 Å². The van der Waals surface area contributed by atoms with E-state index in [0.717, 1.165) is 27.8 Å². The highest BCUT2D eigenvalue weighted by atomic mass is 19.1. The monoisotopic (exact) mass is 281 g/mol. The first kappa shape index (κ1) is 13.4. The molecule has 0 aliphatic rings. The molecule has 0 radical (unpaired) electrons. The predicted octanol–water partition coefficient (Wildman–Crippen LogP) is 4.32. The van der Waals surface area contributed by atoms with Gasteiger partial charge in [-0.25, -0.2) is 4.39 Å². The molecular weight excluding hydrogens is 265 g/mol. The van der Waals surface area contributed by atoms with Crippen molar-refractivity contribution in [3.8, 4) is 0 Å². The number of benzene rings is 2. The number of aryl methyl sites for hydroxylation is 2. The van der Waals surface area contributed by atoms with Gasteiger partial charge in [-0.2, -0.15) is 0 Å². The fraction of sp³-hybridized carbons (Fsp3) is 0.118. The predicted molar refractivity (Wildman–Crippen MR) is 85.3 cm³/mol. The van der Waals surface area contributed by atoms with E-state index < -0.39 is 0 Å². The van der Waals surface area contributed by atoms with Crippen LogP contribution in [0.3, 0.4) is 0 Å². The Hall–Kier alpha value is -2.62. The number of fused-ring (bicyclic) bond motifs is 1. The Bertz CT molecular complexity index is 807. The molecule has 2 aromatic carbocycles. The molecule has 0 aliphatic heterocycles. The van der Waals surface area contributed by atoms with Crippen LogP contribution in [0.1, 0.15) is 11.3 Å². The van der Waals surface area contributed by atoms with Crippen LogP contribution in [0.4, 0.5) is 21.5 Å². The molecule has 0 spiro atoms. The maximum absolute atomic E-state index is 14.0. The van der Waals surface area contributed by atoms with Crippen LogP contribution in [0, 0.1) is 19.7 Å². The van der Waals surface area contributed by atoms with Gasteiger partial charge >= 0.3 is 0 Å². The smallest absolute Gasteiger partial charge is 0.146 e. The van der Waals surface area contributed by atoms with Gasteiger partial charge in [0.1, 0.15) is 5.82 Å². The molecule has 4 heteroatoms. The zero-order valence-electron chi connectivity index (χ0n) is 11.9. The van der Waals surface area contributed by atoms with E-state index in [4.69, 9.17) is 5.73 Å². The molecule has 0 unspecified atom stereocenters. The molecule has 0 fully saturated rings. The fourth-order valence-corrected chi connectivity index (χ4v) is 2.40. The Morgan fingerprint density at radius 1 is 1.10 bits per heavy atom. The van der Waals surface area contributed by atoms with E-state index in [1.165, 1.54) is 6.07 Å². The Balaban J connectivity index is 2.18. The zero-order chi connectivity index (χ0) is 15.0. The van der Waals surface area contributed by atoms with Crippen LogP contribution in [0.25, 0.3) is 10.9 Å². The Kier molecular flexibility index (Phi) is 3.22. The second-order valence-electron chi connectivity index (χ2n) is 5.14. The average molecular weight is 281 g/mol. The number of para-hydroxylation sites is 1. The van der Waals surface area contributed by atoms with E-state index in [-0.39, 0.29) is 5.82 Å². The van der Waals surface area contributed by atoms with Crippen LogP contribution in [0.15, 0.2) is 42.5 Å². The standard InChI is InChI=1S/C17H16FN3/c1-10-4-3-5-14(18)17(10)21-16-8-11(2)20-15-7-6-12(19)9-13(15)16/h3-9H,19H2,1-2H3,(H,20,21). The number of nitrogen functional groups attached to an aromatic ring is 1. The third-order valence-corrected chi connectivity index (χ3v) is 3.44. The van der Waals surface area contributed by atoms with Crippen molar-refractivity contribution in [2.24, 2.45) is 0 Å². The second kappa shape index (κ2) is 5.05. The molecule has 1 heterocycles. The summed E-state index contributed by atoms with van der Waals surface area (Å²) in [6.07, 6.45) is 0. The summed E-state index contributed by atoms with van der Waals surface area (Å²) in [5, 5.41) is 4.06. The van der Waals surface area contributed by atoms with Crippen LogP contribution in [0.2, 0.25) is 0 Å². The van der Waals surface area contributed by atoms with Gasteiger partial charge in [0.15, 0.2) is 0 Å². The minimum absolute atomic E-state index is 0.276. The van der Waals surface area contributed by atoms with E-state index in [1.807, 2.05) is 44.2 Å². The number of rotatable bonds is 2. The van der Waals surface area contributed by atoms with Crippen LogP contribution < -0.4 is 11.1 Å². The molecule has 106 valence electrons. The van der Waals surface area contributed by atoms with E-state index in [1.54, 1.807) is 6.07 Å². The number of pyridine rings is 1. The van der Waals surface area contributed by atoms with Crippen LogP contribution in [-0.4, -0.2) is 4.98 Å².